The van der Waals surface area contributed by atoms with E-state index in [0.717, 1.165) is 37.6 Å². The summed E-state index contributed by atoms with van der Waals surface area (Å²) in [5.74, 6) is 1.79. The fourth-order valence-electron chi connectivity index (χ4n) is 3.47. The topological polar surface area (TPSA) is 72.9 Å². The molecule has 2 aromatic heterocycles. The van der Waals surface area contributed by atoms with Gasteiger partial charge in [0.15, 0.2) is 5.16 Å². The molecule has 0 unspecified atom stereocenters. The van der Waals surface area contributed by atoms with Crippen molar-refractivity contribution in [3.8, 4) is 17.1 Å². The van der Waals surface area contributed by atoms with Gasteiger partial charge >= 0.3 is 0 Å². The van der Waals surface area contributed by atoms with Gasteiger partial charge in [-0.3, -0.25) is 4.57 Å². The minimum Gasteiger partial charge on any atom is -0.341 e. The van der Waals surface area contributed by atoms with Crippen molar-refractivity contribution < 1.29 is 8.91 Å². The fourth-order valence-corrected chi connectivity index (χ4v) is 4.44. The van der Waals surface area contributed by atoms with Gasteiger partial charge in [0, 0.05) is 23.7 Å². The molecule has 158 valence electrons. The van der Waals surface area contributed by atoms with Crippen LogP contribution >= 0.6 is 23.4 Å². The highest BCUT2D eigenvalue weighted by molar-refractivity contribution is 7.98. The summed E-state index contributed by atoms with van der Waals surface area (Å²) < 4.78 is 20.5. The molecule has 1 aliphatic heterocycles. The van der Waals surface area contributed by atoms with Crippen molar-refractivity contribution in [3.63, 3.8) is 0 Å². The Kier molecular flexibility index (Phi) is 5.61. The number of anilines is 1. The van der Waals surface area contributed by atoms with Gasteiger partial charge in [-0.25, -0.2) is 4.39 Å². The van der Waals surface area contributed by atoms with Gasteiger partial charge in [-0.15, -0.1) is 10.2 Å². The van der Waals surface area contributed by atoms with Crippen molar-refractivity contribution in [2.24, 2.45) is 0 Å². The predicted molar refractivity (Wildman–Crippen MR) is 117 cm³/mol. The molecule has 4 aromatic rings. The number of hydrogen-bond donors (Lipinski definition) is 0. The first-order valence-corrected chi connectivity index (χ1v) is 11.2. The SMILES string of the molecule is Fc1ccc(-c2noc(CSc3nnc(N4CCCC4)n3-c3cccc(Cl)c3)n2)cc1. The maximum atomic E-state index is 13.1. The molecule has 2 aromatic carbocycles. The second kappa shape index (κ2) is 8.68. The summed E-state index contributed by atoms with van der Waals surface area (Å²) in [6, 6.07) is 13.6. The molecule has 10 heteroatoms. The first kappa shape index (κ1) is 20.0. The lowest BCUT2D eigenvalue weighted by Crippen LogP contribution is -2.22. The van der Waals surface area contributed by atoms with Gasteiger partial charge in [0.05, 0.1) is 11.4 Å². The lowest BCUT2D eigenvalue weighted by atomic mass is 10.2. The van der Waals surface area contributed by atoms with Gasteiger partial charge in [0.2, 0.25) is 17.7 Å². The van der Waals surface area contributed by atoms with E-state index in [9.17, 15) is 4.39 Å². The first-order valence-electron chi connectivity index (χ1n) is 9.85. The van der Waals surface area contributed by atoms with Crippen molar-refractivity contribution in [2.75, 3.05) is 18.0 Å². The highest BCUT2D eigenvalue weighted by Gasteiger charge is 2.23. The van der Waals surface area contributed by atoms with Crippen molar-refractivity contribution in [1.29, 1.82) is 0 Å². The number of thioether (sulfide) groups is 1. The van der Waals surface area contributed by atoms with E-state index in [1.165, 1.54) is 23.9 Å². The van der Waals surface area contributed by atoms with Crippen LogP contribution < -0.4 is 4.90 Å². The minimum atomic E-state index is -0.308. The summed E-state index contributed by atoms with van der Waals surface area (Å²) in [6.45, 7) is 1.90. The van der Waals surface area contributed by atoms with Gasteiger partial charge in [-0.05, 0) is 55.3 Å². The smallest absolute Gasteiger partial charge is 0.237 e. The summed E-state index contributed by atoms with van der Waals surface area (Å²) >= 11 is 7.69. The molecular formula is C21H18ClFN6OS. The molecular weight excluding hydrogens is 439 g/mol. The molecule has 31 heavy (non-hydrogen) atoms. The maximum absolute atomic E-state index is 13.1. The molecule has 0 radical (unpaired) electrons. The van der Waals surface area contributed by atoms with E-state index < -0.39 is 0 Å². The standard InChI is InChI=1S/C21H18ClFN6OS/c22-15-4-3-5-17(12-15)29-20(28-10-1-2-11-28)25-26-21(29)31-13-18-24-19(27-30-18)14-6-8-16(23)9-7-14/h3-9,12H,1-2,10-11,13H2. The number of halogens is 2. The lowest BCUT2D eigenvalue weighted by Gasteiger charge is -2.18. The molecule has 0 amide bonds. The molecule has 7 nitrogen and oxygen atoms in total. The van der Waals surface area contributed by atoms with Crippen LogP contribution in [0.2, 0.25) is 5.02 Å². The zero-order valence-corrected chi connectivity index (χ0v) is 18.0. The monoisotopic (exact) mass is 456 g/mol. The molecule has 1 fully saturated rings. The van der Waals surface area contributed by atoms with Gasteiger partial charge in [0.1, 0.15) is 5.82 Å². The quantitative estimate of drug-likeness (QED) is 0.378. The zero-order chi connectivity index (χ0) is 21.2. The Labute approximate surface area is 187 Å². The average molecular weight is 457 g/mol. The molecule has 1 saturated heterocycles. The van der Waals surface area contributed by atoms with Crippen LogP contribution in [0.5, 0.6) is 0 Å². The first-order chi connectivity index (χ1) is 15.2. The summed E-state index contributed by atoms with van der Waals surface area (Å²) in [4.78, 5) is 6.65. The van der Waals surface area contributed by atoms with Crippen LogP contribution in [0, 0.1) is 5.82 Å². The number of hydrogen-bond acceptors (Lipinski definition) is 7. The van der Waals surface area contributed by atoms with E-state index in [4.69, 9.17) is 16.1 Å². The van der Waals surface area contributed by atoms with E-state index in [0.29, 0.717) is 33.2 Å². The van der Waals surface area contributed by atoms with Crippen LogP contribution in [0.4, 0.5) is 10.3 Å². The Hall–Kier alpha value is -2.91. The molecule has 0 aliphatic carbocycles. The lowest BCUT2D eigenvalue weighted by molar-refractivity contribution is 0.391. The third-order valence-electron chi connectivity index (χ3n) is 4.97. The van der Waals surface area contributed by atoms with Gasteiger partial charge in [-0.1, -0.05) is 34.6 Å². The average Bonchev–Trinajstić information content (AvgIpc) is 3.53. The van der Waals surface area contributed by atoms with Crippen LogP contribution in [0.25, 0.3) is 17.1 Å². The van der Waals surface area contributed by atoms with Crippen molar-refractivity contribution in [2.45, 2.75) is 23.8 Å². The second-order valence-electron chi connectivity index (χ2n) is 7.10. The molecule has 0 N–H and O–H groups in total. The van der Waals surface area contributed by atoms with Crippen molar-refractivity contribution in [1.82, 2.24) is 24.9 Å². The van der Waals surface area contributed by atoms with Crippen LogP contribution in [0.1, 0.15) is 18.7 Å². The zero-order valence-electron chi connectivity index (χ0n) is 16.4. The molecule has 1 aliphatic rings. The summed E-state index contributed by atoms with van der Waals surface area (Å²) in [5, 5.41) is 14.2. The van der Waals surface area contributed by atoms with Crippen molar-refractivity contribution in [3.05, 3.63) is 65.3 Å². The number of rotatable bonds is 6. The number of aromatic nitrogens is 5. The van der Waals surface area contributed by atoms with E-state index in [1.807, 2.05) is 28.8 Å². The maximum Gasteiger partial charge on any atom is 0.237 e. The second-order valence-corrected chi connectivity index (χ2v) is 8.48. The molecule has 0 atom stereocenters. The molecule has 0 saturated carbocycles. The summed E-state index contributed by atoms with van der Waals surface area (Å²) in [6.07, 6.45) is 2.28. The van der Waals surface area contributed by atoms with Gasteiger partial charge in [0.25, 0.3) is 0 Å². The highest BCUT2D eigenvalue weighted by Crippen LogP contribution is 2.31. The third kappa shape index (κ3) is 4.28. The van der Waals surface area contributed by atoms with E-state index in [1.54, 1.807) is 12.1 Å². The summed E-state index contributed by atoms with van der Waals surface area (Å²) in [5.41, 5.74) is 1.60. The fraction of sp³-hybridized carbons (Fsp3) is 0.238. The Bertz CT molecular complexity index is 1190. The van der Waals surface area contributed by atoms with Gasteiger partial charge in [-0.2, -0.15) is 4.98 Å². The number of nitrogens with zero attached hydrogens (tertiary/aromatic N) is 6. The molecule has 0 bridgehead atoms. The van der Waals surface area contributed by atoms with Gasteiger partial charge < -0.3 is 9.42 Å². The van der Waals surface area contributed by atoms with E-state index in [-0.39, 0.29) is 5.82 Å². The van der Waals surface area contributed by atoms with Crippen LogP contribution in [-0.4, -0.2) is 38.0 Å². The largest absolute Gasteiger partial charge is 0.341 e. The Balaban J connectivity index is 1.40. The van der Waals surface area contributed by atoms with Crippen LogP contribution in [0.15, 0.2) is 58.2 Å². The highest BCUT2D eigenvalue weighted by atomic mass is 35.5. The normalized spacial score (nSPS) is 13.8. The molecule has 5 rings (SSSR count). The predicted octanol–water partition coefficient (Wildman–Crippen LogP) is 5.00. The van der Waals surface area contributed by atoms with Crippen LogP contribution in [-0.2, 0) is 5.75 Å². The number of benzene rings is 2. The summed E-state index contributed by atoms with van der Waals surface area (Å²) in [7, 11) is 0. The minimum absolute atomic E-state index is 0.308. The molecule has 0 spiro atoms. The Morgan fingerprint density at radius 2 is 1.87 bits per heavy atom. The third-order valence-corrected chi connectivity index (χ3v) is 6.12. The Morgan fingerprint density at radius 1 is 1.06 bits per heavy atom. The Morgan fingerprint density at radius 3 is 2.65 bits per heavy atom. The van der Waals surface area contributed by atoms with E-state index in [2.05, 4.69) is 25.2 Å². The molecule has 3 heterocycles. The van der Waals surface area contributed by atoms with E-state index >= 15 is 0 Å². The van der Waals surface area contributed by atoms with Crippen molar-refractivity contribution >= 4 is 29.3 Å². The van der Waals surface area contributed by atoms with Crippen LogP contribution in [0.3, 0.4) is 0 Å².